The number of azide groups is 1. The molecule has 16 heavy (non-hydrogen) atoms. The molecule has 0 aliphatic heterocycles. The molecule has 0 bridgehead atoms. The minimum Gasteiger partial charge on any atom is -0.391 e. The van der Waals surface area contributed by atoms with Gasteiger partial charge in [-0.3, -0.25) is 0 Å². The first-order valence-electron chi connectivity index (χ1n) is 5.04. The smallest absolute Gasteiger partial charge is 0.0775 e. The number of hydrogen-bond donors (Lipinski definition) is 1. The molecule has 2 rings (SSSR count). The first-order chi connectivity index (χ1) is 7.81. The van der Waals surface area contributed by atoms with Crippen LogP contribution in [0.15, 0.2) is 41.6 Å². The van der Waals surface area contributed by atoms with E-state index in [9.17, 15) is 5.11 Å². The van der Waals surface area contributed by atoms with E-state index in [-0.39, 0.29) is 6.54 Å². The van der Waals surface area contributed by atoms with Crippen molar-refractivity contribution >= 4 is 10.9 Å². The van der Waals surface area contributed by atoms with Crippen LogP contribution >= 0.6 is 0 Å². The topological polar surface area (TPSA) is 73.9 Å². The number of nitrogens with zero attached hydrogens (tertiary/aromatic N) is 4. The van der Waals surface area contributed by atoms with Gasteiger partial charge in [0.2, 0.25) is 0 Å². The number of aromatic nitrogens is 1. The Morgan fingerprint density at radius 1 is 1.38 bits per heavy atom. The van der Waals surface area contributed by atoms with Crippen LogP contribution in [0.25, 0.3) is 21.3 Å². The van der Waals surface area contributed by atoms with Gasteiger partial charge in [0, 0.05) is 23.2 Å². The van der Waals surface area contributed by atoms with E-state index in [1.165, 1.54) is 0 Å². The molecule has 0 spiro atoms. The molecule has 82 valence electrons. The van der Waals surface area contributed by atoms with Gasteiger partial charge in [0.15, 0.2) is 0 Å². The van der Waals surface area contributed by atoms with Crippen LogP contribution < -0.4 is 0 Å². The van der Waals surface area contributed by atoms with Gasteiger partial charge in [-0.25, -0.2) is 0 Å². The van der Waals surface area contributed by atoms with Gasteiger partial charge in [-0.15, -0.1) is 0 Å². The first kappa shape index (κ1) is 10.5. The van der Waals surface area contributed by atoms with Crippen molar-refractivity contribution in [3.63, 3.8) is 0 Å². The molecule has 2 aromatic rings. The lowest BCUT2D eigenvalue weighted by Crippen LogP contribution is -2.18. The molecular formula is C11H12N4O. The Labute approximate surface area is 92.6 Å². The fraction of sp³-hybridized carbons (Fsp3) is 0.273. The van der Waals surface area contributed by atoms with Crippen LogP contribution in [0.2, 0.25) is 0 Å². The summed E-state index contributed by atoms with van der Waals surface area (Å²) in [6.45, 7) is 0.537. The van der Waals surface area contributed by atoms with E-state index in [0.29, 0.717) is 6.54 Å². The largest absolute Gasteiger partial charge is 0.391 e. The van der Waals surface area contributed by atoms with Crippen LogP contribution in [0.1, 0.15) is 0 Å². The normalized spacial score (nSPS) is 12.3. The van der Waals surface area contributed by atoms with E-state index >= 15 is 0 Å². The number of aliphatic hydroxyl groups is 1. The lowest BCUT2D eigenvalue weighted by Gasteiger charge is -2.09. The molecule has 1 aromatic heterocycles. The fourth-order valence-electron chi connectivity index (χ4n) is 1.72. The standard InChI is InChI=1S/C11H12N4O/c12-14-13-7-10(16)8-15-6-5-9-3-1-2-4-11(9)15/h1-6,10,16H,7-8H2. The third-order valence-corrected chi connectivity index (χ3v) is 2.44. The van der Waals surface area contributed by atoms with Crippen molar-refractivity contribution in [2.45, 2.75) is 12.6 Å². The van der Waals surface area contributed by atoms with Crippen molar-refractivity contribution in [1.29, 1.82) is 0 Å². The zero-order valence-corrected chi connectivity index (χ0v) is 8.69. The highest BCUT2D eigenvalue weighted by Crippen LogP contribution is 2.15. The van der Waals surface area contributed by atoms with E-state index < -0.39 is 6.10 Å². The minimum absolute atomic E-state index is 0.100. The van der Waals surface area contributed by atoms with Gasteiger partial charge in [0.25, 0.3) is 0 Å². The maximum absolute atomic E-state index is 9.63. The molecular weight excluding hydrogens is 204 g/mol. The predicted molar refractivity (Wildman–Crippen MR) is 62.0 cm³/mol. The van der Waals surface area contributed by atoms with Crippen LogP contribution in [-0.2, 0) is 6.54 Å². The SMILES string of the molecule is [N-]=[N+]=NCC(O)Cn1ccc2ccccc21. The molecule has 0 amide bonds. The molecule has 1 unspecified atom stereocenters. The Hall–Kier alpha value is -1.97. The third-order valence-electron chi connectivity index (χ3n) is 2.44. The molecule has 1 atom stereocenters. The van der Waals surface area contributed by atoms with Crippen LogP contribution in [0.3, 0.4) is 0 Å². The highest BCUT2D eigenvalue weighted by atomic mass is 16.3. The maximum Gasteiger partial charge on any atom is 0.0775 e. The predicted octanol–water partition coefficient (Wildman–Crippen LogP) is 2.31. The molecule has 5 heteroatoms. The summed E-state index contributed by atoms with van der Waals surface area (Å²) in [6.07, 6.45) is 1.27. The van der Waals surface area contributed by atoms with E-state index in [1.807, 2.05) is 41.1 Å². The summed E-state index contributed by atoms with van der Waals surface area (Å²) in [5, 5.41) is 14.1. The lowest BCUT2D eigenvalue weighted by atomic mass is 10.2. The third kappa shape index (κ3) is 2.16. The average Bonchev–Trinajstić information content (AvgIpc) is 2.70. The summed E-state index contributed by atoms with van der Waals surface area (Å²) in [6, 6.07) is 9.94. The fourth-order valence-corrected chi connectivity index (χ4v) is 1.72. The Balaban J connectivity index is 2.18. The summed E-state index contributed by atoms with van der Waals surface area (Å²) in [7, 11) is 0. The van der Waals surface area contributed by atoms with Gasteiger partial charge in [-0.2, -0.15) is 0 Å². The highest BCUT2D eigenvalue weighted by molar-refractivity contribution is 5.79. The Morgan fingerprint density at radius 2 is 2.19 bits per heavy atom. The number of benzene rings is 1. The van der Waals surface area contributed by atoms with Crippen molar-refractivity contribution in [3.05, 3.63) is 47.0 Å². The summed E-state index contributed by atoms with van der Waals surface area (Å²) >= 11 is 0. The van der Waals surface area contributed by atoms with Crippen molar-refractivity contribution in [2.75, 3.05) is 6.54 Å². The summed E-state index contributed by atoms with van der Waals surface area (Å²) in [4.78, 5) is 2.62. The van der Waals surface area contributed by atoms with Crippen molar-refractivity contribution in [1.82, 2.24) is 4.57 Å². The number of aliphatic hydroxyl groups excluding tert-OH is 1. The Kier molecular flexibility index (Phi) is 3.10. The summed E-state index contributed by atoms with van der Waals surface area (Å²) in [5.41, 5.74) is 9.23. The average molecular weight is 216 g/mol. The second-order valence-corrected chi connectivity index (χ2v) is 3.59. The molecule has 1 aromatic carbocycles. The van der Waals surface area contributed by atoms with Gasteiger partial charge in [0.05, 0.1) is 12.6 Å². The highest BCUT2D eigenvalue weighted by Gasteiger charge is 2.05. The lowest BCUT2D eigenvalue weighted by molar-refractivity contribution is 0.164. The molecule has 0 saturated carbocycles. The van der Waals surface area contributed by atoms with E-state index in [4.69, 9.17) is 5.53 Å². The number of para-hydroxylation sites is 1. The molecule has 0 fully saturated rings. The van der Waals surface area contributed by atoms with E-state index in [0.717, 1.165) is 10.9 Å². The molecule has 0 saturated heterocycles. The zero-order valence-electron chi connectivity index (χ0n) is 8.69. The summed E-state index contributed by atoms with van der Waals surface area (Å²) < 4.78 is 1.95. The quantitative estimate of drug-likeness (QED) is 0.475. The monoisotopic (exact) mass is 216 g/mol. The minimum atomic E-state index is -0.647. The molecule has 5 nitrogen and oxygen atoms in total. The molecule has 0 aliphatic carbocycles. The van der Waals surface area contributed by atoms with Gasteiger partial charge in [-0.05, 0) is 23.1 Å². The molecule has 1 N–H and O–H groups in total. The summed E-state index contributed by atoms with van der Waals surface area (Å²) in [5.74, 6) is 0. The van der Waals surface area contributed by atoms with Crippen molar-refractivity contribution < 1.29 is 5.11 Å². The van der Waals surface area contributed by atoms with Crippen molar-refractivity contribution in [2.24, 2.45) is 5.11 Å². The van der Waals surface area contributed by atoms with Crippen LogP contribution in [-0.4, -0.2) is 22.3 Å². The van der Waals surface area contributed by atoms with Gasteiger partial charge in [0.1, 0.15) is 0 Å². The van der Waals surface area contributed by atoms with Gasteiger partial charge >= 0.3 is 0 Å². The zero-order chi connectivity index (χ0) is 11.4. The molecule has 1 heterocycles. The Morgan fingerprint density at radius 3 is 3.00 bits per heavy atom. The molecule has 0 aliphatic rings. The number of fused-ring (bicyclic) bond motifs is 1. The second-order valence-electron chi connectivity index (χ2n) is 3.59. The molecule has 0 radical (unpaired) electrons. The number of hydrogen-bond acceptors (Lipinski definition) is 2. The first-order valence-corrected chi connectivity index (χ1v) is 5.04. The van der Waals surface area contributed by atoms with Crippen LogP contribution in [0, 0.1) is 0 Å². The number of rotatable bonds is 4. The van der Waals surface area contributed by atoms with E-state index in [1.54, 1.807) is 0 Å². The van der Waals surface area contributed by atoms with Crippen LogP contribution in [0.4, 0.5) is 0 Å². The van der Waals surface area contributed by atoms with Gasteiger partial charge < -0.3 is 9.67 Å². The van der Waals surface area contributed by atoms with E-state index in [2.05, 4.69) is 10.0 Å². The van der Waals surface area contributed by atoms with Crippen LogP contribution in [0.5, 0.6) is 0 Å². The Bertz CT molecular complexity index is 528. The maximum atomic E-state index is 9.63. The van der Waals surface area contributed by atoms with Gasteiger partial charge in [-0.1, -0.05) is 23.3 Å². The van der Waals surface area contributed by atoms with Crippen molar-refractivity contribution in [3.8, 4) is 0 Å². The second kappa shape index (κ2) is 4.70.